The molecule has 0 aromatic heterocycles. The van der Waals surface area contributed by atoms with Crippen LogP contribution in [0.2, 0.25) is 0 Å². The predicted octanol–water partition coefficient (Wildman–Crippen LogP) is 11.7. The highest BCUT2D eigenvalue weighted by atomic mass is 16.3. The van der Waals surface area contributed by atoms with Crippen LogP contribution in [0.5, 0.6) is 0 Å². The van der Waals surface area contributed by atoms with E-state index in [-0.39, 0.29) is 0 Å². The molecule has 6 nitrogen and oxygen atoms in total. The van der Waals surface area contributed by atoms with Crippen molar-refractivity contribution in [3.8, 4) is 0 Å². The van der Waals surface area contributed by atoms with Crippen molar-refractivity contribution in [2.75, 3.05) is 6.61 Å². The number of unbranched alkanes of at least 4 members (excludes halogenated alkanes) is 25. The lowest BCUT2D eigenvalue weighted by atomic mass is 10.00. The van der Waals surface area contributed by atoms with Crippen LogP contribution in [0.3, 0.4) is 0 Å². The fourth-order valence-corrected chi connectivity index (χ4v) is 6.80. The molecule has 0 aliphatic carbocycles. The third-order valence-electron chi connectivity index (χ3n) is 10.3. The minimum atomic E-state index is -1.29. The van der Waals surface area contributed by atoms with E-state index in [1.807, 2.05) is 0 Å². The Morgan fingerprint density at radius 3 is 1.23 bits per heavy atom. The first-order chi connectivity index (χ1) is 25.5. The fourth-order valence-electron chi connectivity index (χ4n) is 6.80. The Labute approximate surface area is 322 Å². The third-order valence-corrected chi connectivity index (χ3v) is 10.3. The van der Waals surface area contributed by atoms with Crippen LogP contribution in [0.4, 0.5) is 0 Å². The van der Waals surface area contributed by atoms with Crippen molar-refractivity contribution >= 4 is 5.91 Å². The molecule has 1 amide bonds. The van der Waals surface area contributed by atoms with Gasteiger partial charge in [0.25, 0.3) is 0 Å². The molecule has 0 saturated carbocycles. The van der Waals surface area contributed by atoms with E-state index in [0.717, 1.165) is 57.8 Å². The number of nitrogens with one attached hydrogen (secondary N) is 1. The number of hydrogen-bond acceptors (Lipinski definition) is 5. The van der Waals surface area contributed by atoms with Crippen molar-refractivity contribution in [3.63, 3.8) is 0 Å². The number of hydrogen-bond donors (Lipinski definition) is 5. The van der Waals surface area contributed by atoms with Gasteiger partial charge in [-0.2, -0.15) is 0 Å². The molecule has 0 heterocycles. The molecule has 0 radical (unpaired) electrons. The molecular weight excluding hydrogens is 647 g/mol. The number of allylic oxidation sites excluding steroid dienone is 6. The summed E-state index contributed by atoms with van der Waals surface area (Å²) in [5.41, 5.74) is 0. The van der Waals surface area contributed by atoms with Gasteiger partial charge in [-0.1, -0.05) is 198 Å². The van der Waals surface area contributed by atoms with Gasteiger partial charge in [-0.15, -0.1) is 0 Å². The summed E-state index contributed by atoms with van der Waals surface area (Å²) in [4.78, 5) is 12.5. The Balaban J connectivity index is 3.71. The van der Waals surface area contributed by atoms with Gasteiger partial charge in [-0.25, -0.2) is 0 Å². The molecule has 0 aliphatic heterocycles. The van der Waals surface area contributed by atoms with Crippen LogP contribution in [-0.2, 0) is 4.79 Å². The molecule has 0 spiro atoms. The maximum absolute atomic E-state index is 12.5. The van der Waals surface area contributed by atoms with Crippen LogP contribution in [0.15, 0.2) is 36.5 Å². The molecule has 306 valence electrons. The lowest BCUT2D eigenvalue weighted by Gasteiger charge is -2.27. The van der Waals surface area contributed by atoms with Gasteiger partial charge in [0.1, 0.15) is 12.2 Å². The molecule has 4 unspecified atom stereocenters. The Bertz CT molecular complexity index is 828. The zero-order valence-corrected chi connectivity index (χ0v) is 34.3. The highest BCUT2D eigenvalue weighted by Gasteiger charge is 2.28. The van der Waals surface area contributed by atoms with Gasteiger partial charge < -0.3 is 25.7 Å². The second-order valence-electron chi connectivity index (χ2n) is 15.3. The smallest absolute Gasteiger partial charge is 0.249 e. The molecule has 0 aromatic carbocycles. The monoisotopic (exact) mass is 734 g/mol. The summed E-state index contributed by atoms with van der Waals surface area (Å²) < 4.78 is 0. The van der Waals surface area contributed by atoms with E-state index in [1.165, 1.54) is 128 Å². The minimum absolute atomic E-state index is 0.361. The first kappa shape index (κ1) is 50.5. The summed E-state index contributed by atoms with van der Waals surface area (Å²) in [6.45, 7) is 3.93. The van der Waals surface area contributed by atoms with E-state index in [9.17, 15) is 25.2 Å². The zero-order chi connectivity index (χ0) is 38.2. The van der Waals surface area contributed by atoms with Crippen molar-refractivity contribution in [1.29, 1.82) is 0 Å². The Hall–Kier alpha value is -1.47. The number of carbonyl (C=O) groups excluding carboxylic acids is 1. The van der Waals surface area contributed by atoms with Gasteiger partial charge in [0.2, 0.25) is 5.91 Å². The van der Waals surface area contributed by atoms with E-state index in [4.69, 9.17) is 0 Å². The normalized spacial score (nSPS) is 14.5. The first-order valence-corrected chi connectivity index (χ1v) is 22.4. The average Bonchev–Trinajstić information content (AvgIpc) is 3.15. The zero-order valence-electron chi connectivity index (χ0n) is 34.3. The Morgan fingerprint density at radius 1 is 0.481 bits per heavy atom. The number of aliphatic hydroxyl groups is 4. The average molecular weight is 734 g/mol. The predicted molar refractivity (Wildman–Crippen MR) is 224 cm³/mol. The maximum atomic E-state index is 12.5. The number of rotatable bonds is 40. The van der Waals surface area contributed by atoms with Gasteiger partial charge in [0.05, 0.1) is 18.8 Å². The summed E-state index contributed by atoms with van der Waals surface area (Å²) in [6.07, 6.45) is 47.6. The van der Waals surface area contributed by atoms with Crippen molar-refractivity contribution in [3.05, 3.63) is 36.5 Å². The molecule has 4 atom stereocenters. The second-order valence-corrected chi connectivity index (χ2v) is 15.3. The molecule has 0 fully saturated rings. The van der Waals surface area contributed by atoms with Gasteiger partial charge in [-0.3, -0.25) is 4.79 Å². The lowest BCUT2D eigenvalue weighted by molar-refractivity contribution is -0.132. The molecule has 52 heavy (non-hydrogen) atoms. The fraction of sp³-hybridized carbons (Fsp3) is 0.848. The van der Waals surface area contributed by atoms with Gasteiger partial charge in [0.15, 0.2) is 0 Å². The summed E-state index contributed by atoms with van der Waals surface area (Å²) in [7, 11) is 0. The summed E-state index contributed by atoms with van der Waals surface area (Å²) in [5, 5.41) is 43.6. The van der Waals surface area contributed by atoms with Crippen LogP contribution >= 0.6 is 0 Å². The van der Waals surface area contributed by atoms with Gasteiger partial charge >= 0.3 is 0 Å². The highest BCUT2D eigenvalue weighted by Crippen LogP contribution is 2.16. The van der Waals surface area contributed by atoms with E-state index < -0.39 is 36.9 Å². The number of amides is 1. The van der Waals surface area contributed by atoms with E-state index >= 15 is 0 Å². The summed E-state index contributed by atoms with van der Waals surface area (Å²) in [5.74, 6) is -0.599. The minimum Gasteiger partial charge on any atom is -0.394 e. The number of carbonyl (C=O) groups is 1. The second kappa shape index (κ2) is 40.7. The topological polar surface area (TPSA) is 110 Å². The van der Waals surface area contributed by atoms with Crippen LogP contribution in [-0.4, -0.2) is 57.3 Å². The Kier molecular flexibility index (Phi) is 39.6. The molecule has 5 N–H and O–H groups in total. The molecule has 0 aromatic rings. The van der Waals surface area contributed by atoms with Crippen molar-refractivity contribution in [2.24, 2.45) is 0 Å². The van der Waals surface area contributed by atoms with Gasteiger partial charge in [-0.05, 0) is 57.8 Å². The van der Waals surface area contributed by atoms with Crippen molar-refractivity contribution < 1.29 is 25.2 Å². The Morgan fingerprint density at radius 2 is 0.846 bits per heavy atom. The number of aliphatic hydroxyl groups excluding tert-OH is 4. The molecule has 6 heteroatoms. The lowest BCUT2D eigenvalue weighted by Crippen LogP contribution is -2.53. The van der Waals surface area contributed by atoms with Crippen LogP contribution in [0, 0.1) is 0 Å². The van der Waals surface area contributed by atoms with E-state index in [1.54, 1.807) is 0 Å². The first-order valence-electron chi connectivity index (χ1n) is 22.4. The highest BCUT2D eigenvalue weighted by molar-refractivity contribution is 5.80. The van der Waals surface area contributed by atoms with E-state index in [2.05, 4.69) is 55.6 Å². The van der Waals surface area contributed by atoms with Crippen LogP contribution in [0.25, 0.3) is 0 Å². The third kappa shape index (κ3) is 34.3. The van der Waals surface area contributed by atoms with Gasteiger partial charge in [0, 0.05) is 0 Å². The quantitative estimate of drug-likeness (QED) is 0.0318. The maximum Gasteiger partial charge on any atom is 0.249 e. The van der Waals surface area contributed by atoms with Crippen LogP contribution < -0.4 is 5.32 Å². The largest absolute Gasteiger partial charge is 0.394 e. The summed E-state index contributed by atoms with van der Waals surface area (Å²) in [6, 6.07) is -1.01. The van der Waals surface area contributed by atoms with E-state index in [0.29, 0.717) is 19.3 Å². The van der Waals surface area contributed by atoms with Crippen molar-refractivity contribution in [2.45, 2.75) is 244 Å². The standard InChI is InChI=1S/C46H87NO5/c1-3-5-7-9-11-13-15-17-18-19-20-21-22-23-24-25-26-28-30-32-34-36-38-40-44(50)46(52)47-42(41-48)45(51)43(49)39-37-35-33-31-29-27-16-14-12-10-8-6-4-2/h6,8,14,16,31,33,42-45,48-51H,3-5,7,9-13,15,17-30,32,34-41H2,1-2H3,(H,47,52)/b8-6+,16-14+,33-31+. The molecule has 0 saturated heterocycles. The molecule has 0 aliphatic rings. The van der Waals surface area contributed by atoms with Crippen LogP contribution in [0.1, 0.15) is 219 Å². The summed E-state index contributed by atoms with van der Waals surface area (Å²) >= 11 is 0. The van der Waals surface area contributed by atoms with Crippen molar-refractivity contribution in [1.82, 2.24) is 5.32 Å². The SMILES string of the molecule is CC/C=C/CC/C=C/CC/C=C/CCCC(O)C(O)C(CO)NC(=O)C(O)CCCCCCCCCCCCCCCCCCCCCCCCC. The molecular formula is C46H87NO5. The molecule has 0 rings (SSSR count). The molecule has 0 bridgehead atoms.